The average Bonchev–Trinajstić information content (AvgIpc) is 3.09. The summed E-state index contributed by atoms with van der Waals surface area (Å²) in [6.07, 6.45) is 3.55. The van der Waals surface area contributed by atoms with E-state index < -0.39 is 0 Å². The Hall–Kier alpha value is -0.760. The highest BCUT2D eigenvalue weighted by atomic mass is 127. The van der Waals surface area contributed by atoms with Crippen LogP contribution in [0.1, 0.15) is 43.7 Å². The van der Waals surface area contributed by atoms with Crippen molar-refractivity contribution in [1.82, 2.24) is 10.2 Å². The van der Waals surface area contributed by atoms with Crippen LogP contribution in [-0.2, 0) is 0 Å². The van der Waals surface area contributed by atoms with Crippen molar-refractivity contribution in [3.8, 4) is 0 Å². The van der Waals surface area contributed by atoms with E-state index in [0.717, 1.165) is 37.6 Å². The molecule has 0 radical (unpaired) electrons. The van der Waals surface area contributed by atoms with Crippen molar-refractivity contribution < 1.29 is 4.42 Å². The predicted octanol–water partition coefficient (Wildman–Crippen LogP) is 2.66. The Labute approximate surface area is 144 Å². The quantitative estimate of drug-likeness (QED) is 0.433. The molecular weight excluding hydrogens is 379 g/mol. The molecule has 0 saturated carbocycles. The molecule has 3 N–H and O–H groups in total. The summed E-state index contributed by atoms with van der Waals surface area (Å²) in [6, 6.07) is 4.28. The van der Waals surface area contributed by atoms with Crippen molar-refractivity contribution in [2.24, 2.45) is 10.7 Å². The van der Waals surface area contributed by atoms with E-state index in [1.165, 1.54) is 12.8 Å². The number of furan rings is 1. The van der Waals surface area contributed by atoms with Gasteiger partial charge in [0.1, 0.15) is 11.5 Å². The second-order valence-electron chi connectivity index (χ2n) is 5.36. The van der Waals surface area contributed by atoms with Crippen LogP contribution in [0.4, 0.5) is 0 Å². The molecule has 1 aliphatic heterocycles. The summed E-state index contributed by atoms with van der Waals surface area (Å²) in [6.45, 7) is 7.83. The summed E-state index contributed by atoms with van der Waals surface area (Å²) in [4.78, 5) is 6.91. The third-order valence-electron chi connectivity index (χ3n) is 3.66. The van der Waals surface area contributed by atoms with Crippen molar-refractivity contribution in [2.45, 2.75) is 39.2 Å². The lowest BCUT2D eigenvalue weighted by Gasteiger charge is -2.24. The van der Waals surface area contributed by atoms with E-state index >= 15 is 0 Å². The van der Waals surface area contributed by atoms with Crippen LogP contribution in [0.2, 0.25) is 0 Å². The zero-order valence-corrected chi connectivity index (χ0v) is 15.3. The van der Waals surface area contributed by atoms with Crippen LogP contribution < -0.4 is 11.1 Å². The van der Waals surface area contributed by atoms with Gasteiger partial charge in [0.2, 0.25) is 0 Å². The zero-order valence-electron chi connectivity index (χ0n) is 13.0. The molecular formula is C15H27IN4O. The van der Waals surface area contributed by atoms with Gasteiger partial charge in [-0.15, -0.1) is 24.0 Å². The van der Waals surface area contributed by atoms with Crippen LogP contribution in [0, 0.1) is 6.92 Å². The molecule has 2 rings (SSSR count). The molecule has 1 aromatic rings. The number of rotatable bonds is 6. The van der Waals surface area contributed by atoms with Crippen molar-refractivity contribution in [1.29, 1.82) is 0 Å². The lowest BCUT2D eigenvalue weighted by Crippen LogP contribution is -2.34. The molecule has 0 amide bonds. The van der Waals surface area contributed by atoms with Crippen LogP contribution >= 0.6 is 24.0 Å². The highest BCUT2D eigenvalue weighted by molar-refractivity contribution is 14.0. The standard InChI is InChI=1S/C15H26N4O.HI/c1-3-8-17-15(16)18-11-13(19-9-4-5-10-19)14-7-6-12(2)20-14;/h6-7,13H,3-5,8-11H2,1-2H3,(H3,16,17,18);1H. The maximum atomic E-state index is 5.88. The SMILES string of the molecule is CCCNC(N)=NCC(c1ccc(C)o1)N1CCCC1.I. The summed E-state index contributed by atoms with van der Waals surface area (Å²) in [5.74, 6) is 2.47. The summed E-state index contributed by atoms with van der Waals surface area (Å²) in [5.41, 5.74) is 5.88. The Balaban J connectivity index is 0.00000220. The molecule has 120 valence electrons. The molecule has 0 aliphatic carbocycles. The van der Waals surface area contributed by atoms with Gasteiger partial charge in [-0.1, -0.05) is 6.92 Å². The molecule has 1 aliphatic rings. The van der Waals surface area contributed by atoms with E-state index in [1.807, 2.05) is 13.0 Å². The molecule has 0 bridgehead atoms. The third kappa shape index (κ3) is 5.50. The van der Waals surface area contributed by atoms with Gasteiger partial charge in [0.05, 0.1) is 12.6 Å². The van der Waals surface area contributed by atoms with Crippen LogP contribution in [0.3, 0.4) is 0 Å². The van der Waals surface area contributed by atoms with E-state index in [9.17, 15) is 0 Å². The maximum Gasteiger partial charge on any atom is 0.188 e. The Morgan fingerprint density at radius 2 is 2.14 bits per heavy atom. The van der Waals surface area contributed by atoms with Crippen molar-refractivity contribution in [2.75, 3.05) is 26.2 Å². The number of nitrogens with one attached hydrogen (secondary N) is 1. The first-order valence-corrected chi connectivity index (χ1v) is 7.55. The van der Waals surface area contributed by atoms with Crippen LogP contribution in [0.5, 0.6) is 0 Å². The van der Waals surface area contributed by atoms with E-state index in [4.69, 9.17) is 10.2 Å². The first-order chi connectivity index (χ1) is 9.70. The first kappa shape index (κ1) is 18.3. The molecule has 5 nitrogen and oxygen atoms in total. The number of halogens is 1. The van der Waals surface area contributed by atoms with Crippen molar-refractivity contribution >= 4 is 29.9 Å². The van der Waals surface area contributed by atoms with Gasteiger partial charge in [0.25, 0.3) is 0 Å². The average molecular weight is 406 g/mol. The number of nitrogens with zero attached hydrogens (tertiary/aromatic N) is 2. The number of hydrogen-bond acceptors (Lipinski definition) is 3. The van der Waals surface area contributed by atoms with Gasteiger partial charge in [0.15, 0.2) is 5.96 Å². The van der Waals surface area contributed by atoms with E-state index in [1.54, 1.807) is 0 Å². The number of likely N-dealkylation sites (tertiary alicyclic amines) is 1. The molecule has 1 saturated heterocycles. The zero-order chi connectivity index (χ0) is 14.4. The van der Waals surface area contributed by atoms with Gasteiger partial charge in [-0.2, -0.15) is 0 Å². The summed E-state index contributed by atoms with van der Waals surface area (Å²) < 4.78 is 5.80. The normalized spacial score (nSPS) is 17.5. The Bertz CT molecular complexity index is 441. The highest BCUT2D eigenvalue weighted by Gasteiger charge is 2.25. The number of hydrogen-bond donors (Lipinski definition) is 2. The van der Waals surface area contributed by atoms with E-state index in [2.05, 4.69) is 28.2 Å². The number of aliphatic imine (C=N–C) groups is 1. The van der Waals surface area contributed by atoms with E-state index in [0.29, 0.717) is 12.5 Å². The monoisotopic (exact) mass is 406 g/mol. The van der Waals surface area contributed by atoms with E-state index in [-0.39, 0.29) is 30.0 Å². The van der Waals surface area contributed by atoms with Gasteiger partial charge in [-0.3, -0.25) is 9.89 Å². The third-order valence-corrected chi connectivity index (χ3v) is 3.66. The fourth-order valence-electron chi connectivity index (χ4n) is 2.56. The summed E-state index contributed by atoms with van der Waals surface area (Å²) >= 11 is 0. The van der Waals surface area contributed by atoms with Crippen LogP contribution in [0.25, 0.3) is 0 Å². The molecule has 6 heteroatoms. The maximum absolute atomic E-state index is 5.88. The number of nitrogens with two attached hydrogens (primary N) is 1. The Kier molecular flexibility index (Phi) is 8.10. The lowest BCUT2D eigenvalue weighted by molar-refractivity contribution is 0.219. The van der Waals surface area contributed by atoms with Gasteiger partial charge in [-0.25, -0.2) is 0 Å². The second kappa shape index (κ2) is 9.30. The van der Waals surface area contributed by atoms with Gasteiger partial charge in [0, 0.05) is 6.54 Å². The topological polar surface area (TPSA) is 66.8 Å². The fourth-order valence-corrected chi connectivity index (χ4v) is 2.56. The van der Waals surface area contributed by atoms with Gasteiger partial charge >= 0.3 is 0 Å². The number of aryl methyl sites for hydroxylation is 1. The van der Waals surface area contributed by atoms with Crippen LogP contribution in [-0.4, -0.2) is 37.0 Å². The summed E-state index contributed by atoms with van der Waals surface area (Å²) in [7, 11) is 0. The Morgan fingerprint density at radius 3 is 2.71 bits per heavy atom. The van der Waals surface area contributed by atoms with Gasteiger partial charge in [-0.05, 0) is 51.4 Å². The predicted molar refractivity (Wildman–Crippen MR) is 97.2 cm³/mol. The molecule has 0 aromatic carbocycles. The number of guanidine groups is 1. The highest BCUT2D eigenvalue weighted by Crippen LogP contribution is 2.26. The molecule has 21 heavy (non-hydrogen) atoms. The van der Waals surface area contributed by atoms with Crippen molar-refractivity contribution in [3.05, 3.63) is 23.7 Å². The fraction of sp³-hybridized carbons (Fsp3) is 0.667. The minimum Gasteiger partial charge on any atom is -0.465 e. The lowest BCUT2D eigenvalue weighted by atomic mass is 10.2. The molecule has 1 aromatic heterocycles. The minimum atomic E-state index is 0. The molecule has 2 heterocycles. The Morgan fingerprint density at radius 1 is 1.43 bits per heavy atom. The molecule has 1 fully saturated rings. The minimum absolute atomic E-state index is 0. The first-order valence-electron chi connectivity index (χ1n) is 7.55. The van der Waals surface area contributed by atoms with Crippen LogP contribution in [0.15, 0.2) is 21.5 Å². The van der Waals surface area contributed by atoms with Crippen molar-refractivity contribution in [3.63, 3.8) is 0 Å². The smallest absolute Gasteiger partial charge is 0.188 e. The van der Waals surface area contributed by atoms with Gasteiger partial charge < -0.3 is 15.5 Å². The molecule has 0 spiro atoms. The largest absolute Gasteiger partial charge is 0.465 e. The second-order valence-corrected chi connectivity index (χ2v) is 5.36. The summed E-state index contributed by atoms with van der Waals surface area (Å²) in [5, 5.41) is 3.11. The molecule has 1 unspecified atom stereocenters. The molecule has 1 atom stereocenters.